The Morgan fingerprint density at radius 3 is 2.11 bits per heavy atom. The first-order valence-electron chi connectivity index (χ1n) is 7.34. The van der Waals surface area contributed by atoms with Gasteiger partial charge in [0.05, 0.1) is 0 Å². The normalized spacial score (nSPS) is 13.0. The van der Waals surface area contributed by atoms with Gasteiger partial charge in [0.1, 0.15) is 0 Å². The molecule has 0 heterocycles. The molecule has 1 atom stereocenters. The van der Waals surface area contributed by atoms with Gasteiger partial charge in [-0.05, 0) is 38.3 Å². The van der Waals surface area contributed by atoms with E-state index in [1.807, 2.05) is 0 Å². The zero-order valence-corrected chi connectivity index (χ0v) is 12.7. The number of rotatable bonds is 7. The van der Waals surface area contributed by atoms with Gasteiger partial charge in [-0.2, -0.15) is 0 Å². The average molecular weight is 247 g/mol. The fraction of sp³-hybridized carbons (Fsp3) is 0.647. The molecule has 0 aliphatic carbocycles. The van der Waals surface area contributed by atoms with Crippen molar-refractivity contribution in [1.82, 2.24) is 5.32 Å². The highest BCUT2D eigenvalue weighted by atomic mass is 14.9. The molecule has 0 spiro atoms. The Balaban J connectivity index is 2.70. The van der Waals surface area contributed by atoms with E-state index < -0.39 is 0 Å². The van der Waals surface area contributed by atoms with E-state index in [4.69, 9.17) is 0 Å². The third kappa shape index (κ3) is 5.22. The van der Waals surface area contributed by atoms with Crippen LogP contribution in [0, 0.1) is 19.8 Å². The summed E-state index contributed by atoms with van der Waals surface area (Å²) in [7, 11) is 0. The molecule has 1 rings (SSSR count). The predicted molar refractivity (Wildman–Crippen MR) is 81.0 cm³/mol. The molecule has 1 aromatic rings. The molecule has 1 N–H and O–H groups in total. The first kappa shape index (κ1) is 15.2. The third-order valence-corrected chi connectivity index (χ3v) is 3.37. The second-order valence-corrected chi connectivity index (χ2v) is 5.86. The summed E-state index contributed by atoms with van der Waals surface area (Å²) in [5.41, 5.74) is 4.20. The number of hydrogen-bond acceptors (Lipinski definition) is 1. The Bertz CT molecular complexity index is 334. The van der Waals surface area contributed by atoms with Crippen molar-refractivity contribution in [2.75, 3.05) is 6.54 Å². The molecule has 0 bridgehead atoms. The lowest BCUT2D eigenvalue weighted by Crippen LogP contribution is -2.21. The topological polar surface area (TPSA) is 12.0 Å². The van der Waals surface area contributed by atoms with Crippen LogP contribution >= 0.6 is 0 Å². The minimum absolute atomic E-state index is 0.521. The summed E-state index contributed by atoms with van der Waals surface area (Å²) in [6, 6.07) is 7.43. The zero-order valence-electron chi connectivity index (χ0n) is 12.7. The minimum atomic E-state index is 0.521. The SMILES string of the molecule is CCNC(CCCC(C)C)c1cc(C)cc(C)c1. The van der Waals surface area contributed by atoms with E-state index in [1.54, 1.807) is 0 Å². The Morgan fingerprint density at radius 1 is 1.00 bits per heavy atom. The molecule has 0 saturated carbocycles. The second kappa shape index (κ2) is 7.58. The fourth-order valence-electron chi connectivity index (χ4n) is 2.57. The highest BCUT2D eigenvalue weighted by molar-refractivity contribution is 5.30. The van der Waals surface area contributed by atoms with Crippen LogP contribution in [0.1, 0.15) is 62.8 Å². The van der Waals surface area contributed by atoms with Crippen molar-refractivity contribution in [3.63, 3.8) is 0 Å². The van der Waals surface area contributed by atoms with E-state index in [0.717, 1.165) is 12.5 Å². The van der Waals surface area contributed by atoms with E-state index in [0.29, 0.717) is 6.04 Å². The van der Waals surface area contributed by atoms with Gasteiger partial charge in [-0.1, -0.05) is 62.9 Å². The summed E-state index contributed by atoms with van der Waals surface area (Å²) in [6.45, 7) is 12.2. The van der Waals surface area contributed by atoms with E-state index in [2.05, 4.69) is 58.1 Å². The third-order valence-electron chi connectivity index (χ3n) is 3.37. The first-order valence-corrected chi connectivity index (χ1v) is 7.34. The van der Waals surface area contributed by atoms with Gasteiger partial charge < -0.3 is 5.32 Å². The van der Waals surface area contributed by atoms with Gasteiger partial charge in [-0.15, -0.1) is 0 Å². The minimum Gasteiger partial charge on any atom is -0.310 e. The monoisotopic (exact) mass is 247 g/mol. The van der Waals surface area contributed by atoms with Crippen LogP contribution in [0.4, 0.5) is 0 Å². The average Bonchev–Trinajstić information content (AvgIpc) is 2.26. The maximum atomic E-state index is 3.63. The molecule has 0 amide bonds. The summed E-state index contributed by atoms with van der Waals surface area (Å²) < 4.78 is 0. The van der Waals surface area contributed by atoms with E-state index in [-0.39, 0.29) is 0 Å². The zero-order chi connectivity index (χ0) is 13.5. The molecule has 0 saturated heterocycles. The summed E-state index contributed by atoms with van der Waals surface area (Å²) in [5.74, 6) is 0.812. The highest BCUT2D eigenvalue weighted by Gasteiger charge is 2.11. The molecule has 0 aliphatic heterocycles. The Labute approximate surface area is 113 Å². The van der Waals surface area contributed by atoms with Gasteiger partial charge in [0.15, 0.2) is 0 Å². The molecule has 1 aromatic carbocycles. The molecule has 1 nitrogen and oxygen atoms in total. The van der Waals surface area contributed by atoms with Gasteiger partial charge in [0.25, 0.3) is 0 Å². The molecule has 0 aromatic heterocycles. The van der Waals surface area contributed by atoms with Gasteiger partial charge in [-0.25, -0.2) is 0 Å². The number of benzene rings is 1. The summed E-state index contributed by atoms with van der Waals surface area (Å²) in [6.07, 6.45) is 3.88. The van der Waals surface area contributed by atoms with Crippen molar-refractivity contribution in [2.24, 2.45) is 5.92 Å². The van der Waals surface area contributed by atoms with Crippen LogP contribution in [0.15, 0.2) is 18.2 Å². The molecule has 0 radical (unpaired) electrons. The second-order valence-electron chi connectivity index (χ2n) is 5.86. The molecular weight excluding hydrogens is 218 g/mol. The van der Waals surface area contributed by atoms with Crippen LogP contribution in [-0.4, -0.2) is 6.54 Å². The van der Waals surface area contributed by atoms with Crippen LogP contribution in [0.25, 0.3) is 0 Å². The van der Waals surface area contributed by atoms with Gasteiger partial charge in [-0.3, -0.25) is 0 Å². The van der Waals surface area contributed by atoms with Crippen molar-refractivity contribution in [1.29, 1.82) is 0 Å². The van der Waals surface area contributed by atoms with Crippen molar-refractivity contribution in [3.8, 4) is 0 Å². The van der Waals surface area contributed by atoms with E-state index >= 15 is 0 Å². The maximum absolute atomic E-state index is 3.63. The summed E-state index contributed by atoms with van der Waals surface area (Å²) in [4.78, 5) is 0. The van der Waals surface area contributed by atoms with Crippen LogP contribution < -0.4 is 5.32 Å². The Hall–Kier alpha value is -0.820. The molecule has 1 heteroatoms. The van der Waals surface area contributed by atoms with Crippen molar-refractivity contribution >= 4 is 0 Å². The Kier molecular flexibility index (Phi) is 6.42. The van der Waals surface area contributed by atoms with Crippen molar-refractivity contribution < 1.29 is 0 Å². The number of aryl methyl sites for hydroxylation is 2. The standard InChI is InChI=1S/C17H29N/c1-6-18-17(9-7-8-13(2)3)16-11-14(4)10-15(5)12-16/h10-13,17-18H,6-9H2,1-5H3. The largest absolute Gasteiger partial charge is 0.310 e. The fourth-order valence-corrected chi connectivity index (χ4v) is 2.57. The molecule has 102 valence electrons. The van der Waals surface area contributed by atoms with Crippen molar-refractivity contribution in [2.45, 2.75) is 59.9 Å². The molecule has 0 aliphatic rings. The lowest BCUT2D eigenvalue weighted by atomic mass is 9.95. The molecular formula is C17H29N. The van der Waals surface area contributed by atoms with Crippen LogP contribution in [-0.2, 0) is 0 Å². The van der Waals surface area contributed by atoms with Gasteiger partial charge in [0, 0.05) is 6.04 Å². The summed E-state index contributed by atoms with van der Waals surface area (Å²) >= 11 is 0. The van der Waals surface area contributed by atoms with E-state index in [1.165, 1.54) is 36.0 Å². The van der Waals surface area contributed by atoms with E-state index in [9.17, 15) is 0 Å². The maximum Gasteiger partial charge on any atom is 0.0320 e. The first-order chi connectivity index (χ1) is 8.52. The predicted octanol–water partition coefficient (Wildman–Crippen LogP) is 4.78. The van der Waals surface area contributed by atoms with Gasteiger partial charge >= 0.3 is 0 Å². The molecule has 1 unspecified atom stereocenters. The smallest absolute Gasteiger partial charge is 0.0320 e. The quantitative estimate of drug-likeness (QED) is 0.731. The molecule has 18 heavy (non-hydrogen) atoms. The van der Waals surface area contributed by atoms with Crippen molar-refractivity contribution in [3.05, 3.63) is 34.9 Å². The lowest BCUT2D eigenvalue weighted by Gasteiger charge is -2.20. The lowest BCUT2D eigenvalue weighted by molar-refractivity contribution is 0.455. The highest BCUT2D eigenvalue weighted by Crippen LogP contribution is 2.23. The number of nitrogens with one attached hydrogen (secondary N) is 1. The van der Waals surface area contributed by atoms with Crippen LogP contribution in [0.3, 0.4) is 0 Å². The van der Waals surface area contributed by atoms with Crippen LogP contribution in [0.2, 0.25) is 0 Å². The van der Waals surface area contributed by atoms with Crippen LogP contribution in [0.5, 0.6) is 0 Å². The van der Waals surface area contributed by atoms with Gasteiger partial charge in [0.2, 0.25) is 0 Å². The molecule has 0 fully saturated rings. The number of hydrogen-bond donors (Lipinski definition) is 1. The Morgan fingerprint density at radius 2 is 1.61 bits per heavy atom. The summed E-state index contributed by atoms with van der Waals surface area (Å²) in [5, 5.41) is 3.63.